The molecule has 1 aromatic heterocycles. The molecule has 0 unspecified atom stereocenters. The van der Waals surface area contributed by atoms with Crippen molar-refractivity contribution in [2.75, 3.05) is 45.5 Å². The monoisotopic (exact) mass is 383 g/mol. The van der Waals surface area contributed by atoms with Crippen molar-refractivity contribution in [3.05, 3.63) is 24.2 Å². The Morgan fingerprint density at radius 3 is 2.40 bits per heavy atom. The number of carbonyl (C=O) groups is 1. The Morgan fingerprint density at radius 2 is 1.92 bits per heavy atom. The van der Waals surface area contributed by atoms with E-state index in [2.05, 4.69) is 0 Å². The minimum Gasteiger partial charge on any atom is -0.467 e. The quantitative estimate of drug-likeness (QED) is 0.725. The highest BCUT2D eigenvalue weighted by atomic mass is 32.2. The van der Waals surface area contributed by atoms with Gasteiger partial charge in [0, 0.05) is 26.2 Å². The third kappa shape index (κ3) is 6.33. The maximum atomic E-state index is 12.7. The zero-order valence-corrected chi connectivity index (χ0v) is 14.5. The normalized spacial score (nSPS) is 17.6. The Bertz CT molecular complexity index is 668. The van der Waals surface area contributed by atoms with Gasteiger partial charge in [0.05, 0.1) is 25.6 Å². The summed E-state index contributed by atoms with van der Waals surface area (Å²) in [6.07, 6.45) is -2.09. The van der Waals surface area contributed by atoms with Crippen LogP contribution in [0, 0.1) is 0 Å². The molecule has 7 nitrogen and oxygen atoms in total. The number of amides is 1. The molecule has 1 aromatic rings. The molecule has 0 N–H and O–H groups in total. The first kappa shape index (κ1) is 19.7. The Labute approximate surface area is 144 Å². The van der Waals surface area contributed by atoms with E-state index in [1.165, 1.54) is 22.7 Å². The SMILES string of the molecule is CS(=O)(=O)N1CCN(CC(=O)N(Cc2ccco2)CC(F)(F)F)CC1. The lowest BCUT2D eigenvalue weighted by Gasteiger charge is -2.34. The highest BCUT2D eigenvalue weighted by Crippen LogP contribution is 2.19. The fourth-order valence-electron chi connectivity index (χ4n) is 2.55. The van der Waals surface area contributed by atoms with E-state index < -0.39 is 28.7 Å². The molecule has 1 aliphatic rings. The van der Waals surface area contributed by atoms with E-state index in [4.69, 9.17) is 4.42 Å². The summed E-state index contributed by atoms with van der Waals surface area (Å²) in [6, 6.07) is 3.04. The van der Waals surface area contributed by atoms with Gasteiger partial charge in [0.25, 0.3) is 0 Å². The smallest absolute Gasteiger partial charge is 0.406 e. The molecule has 0 radical (unpaired) electrons. The van der Waals surface area contributed by atoms with Crippen molar-refractivity contribution in [3.63, 3.8) is 0 Å². The molecule has 1 aliphatic heterocycles. The van der Waals surface area contributed by atoms with Gasteiger partial charge < -0.3 is 9.32 Å². The number of furan rings is 1. The van der Waals surface area contributed by atoms with Crippen LogP contribution in [0.4, 0.5) is 13.2 Å². The van der Waals surface area contributed by atoms with Crippen LogP contribution < -0.4 is 0 Å². The minimum absolute atomic E-state index is 0.200. The van der Waals surface area contributed by atoms with E-state index >= 15 is 0 Å². The van der Waals surface area contributed by atoms with Crippen LogP contribution in [-0.4, -0.2) is 80.1 Å². The predicted octanol–water partition coefficient (Wildman–Crippen LogP) is 0.748. The summed E-state index contributed by atoms with van der Waals surface area (Å²) in [5.74, 6) is -0.416. The number of rotatable bonds is 6. The lowest BCUT2D eigenvalue weighted by molar-refractivity contribution is -0.163. The third-order valence-electron chi connectivity index (χ3n) is 3.81. The van der Waals surface area contributed by atoms with Crippen molar-refractivity contribution in [1.29, 1.82) is 0 Å². The van der Waals surface area contributed by atoms with Gasteiger partial charge in [-0.1, -0.05) is 0 Å². The molecule has 0 saturated carbocycles. The second-order valence-electron chi connectivity index (χ2n) is 5.88. The number of alkyl halides is 3. The summed E-state index contributed by atoms with van der Waals surface area (Å²) < 4.78 is 67.4. The summed E-state index contributed by atoms with van der Waals surface area (Å²) in [5.41, 5.74) is 0. The van der Waals surface area contributed by atoms with E-state index in [0.717, 1.165) is 6.26 Å². The molecule has 0 aliphatic carbocycles. The van der Waals surface area contributed by atoms with Crippen LogP contribution in [0.25, 0.3) is 0 Å². The van der Waals surface area contributed by atoms with Crippen molar-refractivity contribution in [1.82, 2.24) is 14.1 Å². The van der Waals surface area contributed by atoms with Crippen LogP contribution in [0.15, 0.2) is 22.8 Å². The molecule has 142 valence electrons. The summed E-state index contributed by atoms with van der Waals surface area (Å²) in [4.78, 5) is 14.6. The molecule has 11 heteroatoms. The van der Waals surface area contributed by atoms with E-state index in [1.807, 2.05) is 0 Å². The highest BCUT2D eigenvalue weighted by Gasteiger charge is 2.34. The summed E-state index contributed by atoms with van der Waals surface area (Å²) in [7, 11) is -3.30. The number of sulfonamides is 1. The maximum absolute atomic E-state index is 12.7. The van der Waals surface area contributed by atoms with E-state index in [9.17, 15) is 26.4 Å². The average molecular weight is 383 g/mol. The second-order valence-corrected chi connectivity index (χ2v) is 7.86. The molecule has 0 atom stereocenters. The maximum Gasteiger partial charge on any atom is 0.406 e. The van der Waals surface area contributed by atoms with Gasteiger partial charge in [-0.15, -0.1) is 0 Å². The van der Waals surface area contributed by atoms with Gasteiger partial charge in [-0.25, -0.2) is 8.42 Å². The van der Waals surface area contributed by atoms with Gasteiger partial charge in [-0.2, -0.15) is 17.5 Å². The van der Waals surface area contributed by atoms with E-state index in [1.54, 1.807) is 4.90 Å². The Hall–Kier alpha value is -1.59. The molecule has 0 aromatic carbocycles. The van der Waals surface area contributed by atoms with Gasteiger partial charge in [0.1, 0.15) is 12.3 Å². The average Bonchev–Trinajstić information content (AvgIpc) is 2.98. The molecule has 0 spiro atoms. The van der Waals surface area contributed by atoms with Crippen LogP contribution in [0.1, 0.15) is 5.76 Å². The summed E-state index contributed by atoms with van der Waals surface area (Å²) >= 11 is 0. The van der Waals surface area contributed by atoms with Crippen molar-refractivity contribution in [3.8, 4) is 0 Å². The zero-order valence-electron chi connectivity index (χ0n) is 13.7. The van der Waals surface area contributed by atoms with Crippen molar-refractivity contribution < 1.29 is 30.8 Å². The largest absolute Gasteiger partial charge is 0.467 e. The Kier molecular flexibility index (Phi) is 6.12. The number of carbonyl (C=O) groups excluding carboxylic acids is 1. The van der Waals surface area contributed by atoms with Crippen LogP contribution in [-0.2, 0) is 21.4 Å². The second kappa shape index (κ2) is 7.75. The Morgan fingerprint density at radius 1 is 1.28 bits per heavy atom. The third-order valence-corrected chi connectivity index (χ3v) is 5.11. The van der Waals surface area contributed by atoms with Crippen LogP contribution in [0.3, 0.4) is 0 Å². The summed E-state index contributed by atoms with van der Waals surface area (Å²) in [5, 5.41) is 0. The number of hydrogen-bond donors (Lipinski definition) is 0. The molecule has 1 saturated heterocycles. The molecule has 2 rings (SSSR count). The number of halogens is 3. The highest BCUT2D eigenvalue weighted by molar-refractivity contribution is 7.88. The first-order valence-electron chi connectivity index (χ1n) is 7.59. The summed E-state index contributed by atoms with van der Waals surface area (Å²) in [6.45, 7) is -0.829. The molecular formula is C14H20F3N3O4S. The molecule has 25 heavy (non-hydrogen) atoms. The first-order valence-corrected chi connectivity index (χ1v) is 9.44. The van der Waals surface area contributed by atoms with Crippen LogP contribution >= 0.6 is 0 Å². The van der Waals surface area contributed by atoms with Gasteiger partial charge in [-0.05, 0) is 12.1 Å². The first-order chi connectivity index (χ1) is 11.5. The van der Waals surface area contributed by atoms with Gasteiger partial charge in [0.15, 0.2) is 0 Å². The van der Waals surface area contributed by atoms with Crippen molar-refractivity contribution in [2.45, 2.75) is 12.7 Å². The minimum atomic E-state index is -4.52. The molecule has 1 amide bonds. The lowest BCUT2D eigenvalue weighted by atomic mass is 10.3. The van der Waals surface area contributed by atoms with Crippen molar-refractivity contribution in [2.24, 2.45) is 0 Å². The molecule has 2 heterocycles. The van der Waals surface area contributed by atoms with E-state index in [0.29, 0.717) is 18.0 Å². The number of nitrogens with zero attached hydrogens (tertiary/aromatic N) is 3. The van der Waals surface area contributed by atoms with Gasteiger partial charge >= 0.3 is 6.18 Å². The topological polar surface area (TPSA) is 74.1 Å². The van der Waals surface area contributed by atoms with Crippen molar-refractivity contribution >= 4 is 15.9 Å². The van der Waals surface area contributed by atoms with E-state index in [-0.39, 0.29) is 31.9 Å². The standard InChI is InChI=1S/C14H20F3N3O4S/c1-25(22,23)20-6-4-18(5-7-20)10-13(21)19(11-14(15,16)17)9-12-3-2-8-24-12/h2-3,8H,4-7,9-11H2,1H3. The lowest BCUT2D eigenvalue weighted by Crippen LogP contribution is -2.51. The number of hydrogen-bond acceptors (Lipinski definition) is 5. The van der Waals surface area contributed by atoms with Gasteiger partial charge in [0.2, 0.25) is 15.9 Å². The fraction of sp³-hybridized carbons (Fsp3) is 0.643. The zero-order chi connectivity index (χ0) is 18.7. The molecule has 1 fully saturated rings. The van der Waals surface area contributed by atoms with Crippen LogP contribution in [0.2, 0.25) is 0 Å². The van der Waals surface area contributed by atoms with Crippen LogP contribution in [0.5, 0.6) is 0 Å². The number of piperazine rings is 1. The van der Waals surface area contributed by atoms with Gasteiger partial charge in [-0.3, -0.25) is 9.69 Å². The molecular weight excluding hydrogens is 363 g/mol. The predicted molar refractivity (Wildman–Crippen MR) is 83.0 cm³/mol. The Balaban J connectivity index is 1.95. The fourth-order valence-corrected chi connectivity index (χ4v) is 3.38. The molecule has 0 bridgehead atoms.